The van der Waals surface area contributed by atoms with E-state index in [1.54, 1.807) is 6.07 Å². The zero-order valence-electron chi connectivity index (χ0n) is 3.89. The van der Waals surface area contributed by atoms with E-state index in [9.17, 15) is 0 Å². The molecule has 0 heterocycles. The van der Waals surface area contributed by atoms with Crippen molar-refractivity contribution in [2.24, 2.45) is 5.73 Å². The molecule has 0 aliphatic rings. The molecule has 0 bridgehead atoms. The molecule has 0 aliphatic heterocycles. The third kappa shape index (κ3) is 2.82. The van der Waals surface area contributed by atoms with Crippen molar-refractivity contribution >= 4 is 0 Å². The Bertz CT molecular complexity index is 115. The summed E-state index contributed by atoms with van der Waals surface area (Å²) in [7, 11) is 0. The molecule has 2 N–H and O–H groups in total. The van der Waals surface area contributed by atoms with Crippen LogP contribution in [0.4, 0.5) is 0 Å². The van der Waals surface area contributed by atoms with Crippen LogP contribution >= 0.6 is 0 Å². The molecule has 0 radical (unpaired) electrons. The Morgan fingerprint density at radius 3 is 2.57 bits per heavy atom. The molecule has 2 nitrogen and oxygen atoms in total. The number of nitrogens with two attached hydrogens (primary N) is 1. The molecule has 1 atom stereocenters. The largest absolute Gasteiger partial charge is 0.315 e. The Morgan fingerprint density at radius 2 is 2.43 bits per heavy atom. The fourth-order valence-electron chi connectivity index (χ4n) is 0.173. The molecule has 2 heteroatoms. The zero-order chi connectivity index (χ0) is 5.70. The summed E-state index contributed by atoms with van der Waals surface area (Å²) in [5.41, 5.74) is 5.08. The summed E-state index contributed by atoms with van der Waals surface area (Å²) >= 11 is 0. The molecule has 1 unspecified atom stereocenters. The van der Waals surface area contributed by atoms with E-state index in [1.807, 2.05) is 0 Å². The third-order valence-corrected chi connectivity index (χ3v) is 0.504. The average Bonchev–Trinajstić information content (AvgIpc) is 1.68. The van der Waals surface area contributed by atoms with Crippen molar-refractivity contribution in [2.45, 2.75) is 12.5 Å². The first kappa shape index (κ1) is 6.01. The Labute approximate surface area is 42.9 Å². The summed E-state index contributed by atoms with van der Waals surface area (Å²) < 4.78 is 0. The van der Waals surface area contributed by atoms with Crippen molar-refractivity contribution in [3.63, 3.8) is 0 Å². The van der Waals surface area contributed by atoms with Crippen LogP contribution in [0.15, 0.2) is 0 Å². The normalized spacial score (nSPS) is 11.3. The second-order valence-corrected chi connectivity index (χ2v) is 1.14. The predicted octanol–water partition coefficient (Wildman–Crippen LogP) is -0.139. The number of rotatable bonds is 1. The molecule has 0 aromatic rings. The first-order chi connectivity index (χ1) is 3.31. The molecule has 0 amide bonds. The van der Waals surface area contributed by atoms with E-state index in [4.69, 9.17) is 17.4 Å². The monoisotopic (exact) mass is 94.1 g/mol. The van der Waals surface area contributed by atoms with Crippen molar-refractivity contribution in [1.29, 1.82) is 5.26 Å². The van der Waals surface area contributed by atoms with Crippen molar-refractivity contribution in [3.8, 4) is 18.4 Å². The van der Waals surface area contributed by atoms with Gasteiger partial charge in [-0.15, -0.1) is 12.3 Å². The highest BCUT2D eigenvalue weighted by Crippen LogP contribution is 1.78. The van der Waals surface area contributed by atoms with Gasteiger partial charge in [-0.25, -0.2) is 0 Å². The van der Waals surface area contributed by atoms with E-state index >= 15 is 0 Å². The minimum absolute atomic E-state index is 0.344. The van der Waals surface area contributed by atoms with Gasteiger partial charge >= 0.3 is 0 Å². The van der Waals surface area contributed by atoms with Gasteiger partial charge in [0.1, 0.15) is 6.04 Å². The maximum atomic E-state index is 8.00. The Morgan fingerprint density at radius 1 is 1.86 bits per heavy atom. The smallest absolute Gasteiger partial charge is 0.104 e. The lowest BCUT2D eigenvalue weighted by Gasteiger charge is -1.88. The van der Waals surface area contributed by atoms with Crippen molar-refractivity contribution < 1.29 is 0 Å². The Balaban J connectivity index is 3.27. The molecule has 0 aromatic carbocycles. The maximum Gasteiger partial charge on any atom is 0.104 e. The second-order valence-electron chi connectivity index (χ2n) is 1.14. The molecular weight excluding hydrogens is 88.1 g/mol. The predicted molar refractivity (Wildman–Crippen MR) is 27.0 cm³/mol. The summed E-state index contributed by atoms with van der Waals surface area (Å²) in [6.07, 6.45) is 5.17. The highest BCUT2D eigenvalue weighted by Gasteiger charge is 1.91. The van der Waals surface area contributed by atoms with Gasteiger partial charge in [0.15, 0.2) is 0 Å². The van der Waals surface area contributed by atoms with Gasteiger partial charge in [-0.1, -0.05) is 0 Å². The van der Waals surface area contributed by atoms with Crippen LogP contribution in [0.2, 0.25) is 0 Å². The van der Waals surface area contributed by atoms with Crippen molar-refractivity contribution in [1.82, 2.24) is 0 Å². The van der Waals surface area contributed by atoms with Gasteiger partial charge in [0.25, 0.3) is 0 Å². The molecule has 36 valence electrons. The van der Waals surface area contributed by atoms with E-state index in [1.165, 1.54) is 0 Å². The van der Waals surface area contributed by atoms with E-state index < -0.39 is 6.04 Å². The second kappa shape index (κ2) is 3.21. The lowest BCUT2D eigenvalue weighted by Crippen LogP contribution is -2.15. The van der Waals surface area contributed by atoms with Crippen LogP contribution < -0.4 is 5.73 Å². The lowest BCUT2D eigenvalue weighted by atomic mass is 10.3. The highest BCUT2D eigenvalue weighted by atomic mass is 14.6. The quantitative estimate of drug-likeness (QED) is 0.460. The van der Waals surface area contributed by atoms with Gasteiger partial charge in [0.05, 0.1) is 6.07 Å². The van der Waals surface area contributed by atoms with Crippen LogP contribution in [0.5, 0.6) is 0 Å². The molecule has 7 heavy (non-hydrogen) atoms. The molecule has 0 aliphatic carbocycles. The molecule has 0 spiro atoms. The van der Waals surface area contributed by atoms with Gasteiger partial charge < -0.3 is 5.73 Å². The van der Waals surface area contributed by atoms with Crippen molar-refractivity contribution in [3.05, 3.63) is 0 Å². The van der Waals surface area contributed by atoms with E-state index in [0.717, 1.165) is 0 Å². The van der Waals surface area contributed by atoms with E-state index in [2.05, 4.69) is 5.92 Å². The van der Waals surface area contributed by atoms with Gasteiger partial charge in [-0.2, -0.15) is 5.26 Å². The Hall–Kier alpha value is -0.990. The number of nitriles is 1. The minimum atomic E-state index is -0.481. The minimum Gasteiger partial charge on any atom is -0.315 e. The average molecular weight is 94.1 g/mol. The van der Waals surface area contributed by atoms with Crippen LogP contribution in [0, 0.1) is 23.7 Å². The highest BCUT2D eigenvalue weighted by molar-refractivity contribution is 4.97. The number of terminal acetylenes is 1. The molecule has 0 saturated heterocycles. The van der Waals surface area contributed by atoms with Crippen LogP contribution in [-0.2, 0) is 0 Å². The van der Waals surface area contributed by atoms with Crippen LogP contribution in [-0.4, -0.2) is 6.04 Å². The zero-order valence-corrected chi connectivity index (χ0v) is 3.89. The molecule has 0 fully saturated rings. The van der Waals surface area contributed by atoms with Gasteiger partial charge in [-0.3, -0.25) is 0 Å². The van der Waals surface area contributed by atoms with Crippen LogP contribution in [0.3, 0.4) is 0 Å². The number of hydrogen-bond acceptors (Lipinski definition) is 2. The number of nitrogens with zero attached hydrogens (tertiary/aromatic N) is 1. The number of hydrogen-bond donors (Lipinski definition) is 1. The fourth-order valence-corrected chi connectivity index (χ4v) is 0.173. The van der Waals surface area contributed by atoms with Gasteiger partial charge in [-0.05, 0) is 0 Å². The molecule has 0 saturated carbocycles. The molecule has 0 rings (SSSR count). The topological polar surface area (TPSA) is 49.8 Å². The van der Waals surface area contributed by atoms with Gasteiger partial charge in [0.2, 0.25) is 0 Å². The lowest BCUT2D eigenvalue weighted by molar-refractivity contribution is 0.865. The molecule has 0 aromatic heterocycles. The fraction of sp³-hybridized carbons (Fsp3) is 0.400. The van der Waals surface area contributed by atoms with Crippen LogP contribution in [0.25, 0.3) is 0 Å². The summed E-state index contributed by atoms with van der Waals surface area (Å²) in [6, 6.07) is 1.32. The SMILES string of the molecule is C#CCC(N)C#N. The molecular formula is C5H6N2. The Kier molecular flexibility index (Phi) is 2.76. The van der Waals surface area contributed by atoms with Crippen molar-refractivity contribution in [2.75, 3.05) is 0 Å². The first-order valence-electron chi connectivity index (χ1n) is 1.90. The summed E-state index contributed by atoms with van der Waals surface area (Å²) in [5.74, 6) is 2.27. The maximum absolute atomic E-state index is 8.00. The van der Waals surface area contributed by atoms with Crippen LogP contribution in [0.1, 0.15) is 6.42 Å². The van der Waals surface area contributed by atoms with E-state index in [-0.39, 0.29) is 0 Å². The third-order valence-electron chi connectivity index (χ3n) is 0.504. The standard InChI is InChI=1S/C5H6N2/c1-2-3-5(7)4-6/h1,5H,3,7H2. The summed E-state index contributed by atoms with van der Waals surface area (Å²) in [5, 5.41) is 8.00. The summed E-state index contributed by atoms with van der Waals surface area (Å²) in [4.78, 5) is 0. The first-order valence-corrected chi connectivity index (χ1v) is 1.90. The summed E-state index contributed by atoms with van der Waals surface area (Å²) in [6.45, 7) is 0. The van der Waals surface area contributed by atoms with E-state index in [0.29, 0.717) is 6.42 Å². The van der Waals surface area contributed by atoms with Gasteiger partial charge in [0, 0.05) is 6.42 Å².